The average Bonchev–Trinajstić information content (AvgIpc) is 2.75. The van der Waals surface area contributed by atoms with Gasteiger partial charge in [0.2, 0.25) is 0 Å². The van der Waals surface area contributed by atoms with Gasteiger partial charge in [0.05, 0.1) is 0 Å². The summed E-state index contributed by atoms with van der Waals surface area (Å²) in [7, 11) is 0. The van der Waals surface area contributed by atoms with Crippen molar-refractivity contribution in [3.05, 3.63) is 48.3 Å². The normalized spacial score (nSPS) is 10.9. The fraction of sp³-hybridized carbons (Fsp3) is 0. The van der Waals surface area contributed by atoms with Gasteiger partial charge in [-0.1, -0.05) is 6.07 Å². The number of rotatable bonds is 1. The van der Waals surface area contributed by atoms with Crippen LogP contribution >= 0.6 is 0 Å². The third-order valence-corrected chi connectivity index (χ3v) is 2.49. The van der Waals surface area contributed by atoms with Crippen LogP contribution < -0.4 is 5.73 Å². The summed E-state index contributed by atoms with van der Waals surface area (Å²) >= 11 is 0. The molecule has 0 amide bonds. The molecule has 0 fully saturated rings. The number of nitrogen functional groups attached to an aromatic ring is 1. The lowest BCUT2D eigenvalue weighted by Crippen LogP contribution is -1.97. The number of nitrogens with zero attached hydrogens (tertiary/aromatic N) is 3. The second-order valence-electron chi connectivity index (χ2n) is 3.66. The highest BCUT2D eigenvalue weighted by Crippen LogP contribution is 2.17. The third-order valence-electron chi connectivity index (χ3n) is 2.49. The molecule has 4 nitrogen and oxygen atoms in total. The van der Waals surface area contributed by atoms with Crippen LogP contribution in [0.4, 0.5) is 10.2 Å². The molecule has 0 saturated carbocycles. The second kappa shape index (κ2) is 3.55. The second-order valence-corrected chi connectivity index (χ2v) is 3.66. The van der Waals surface area contributed by atoms with E-state index >= 15 is 0 Å². The largest absolute Gasteiger partial charge is 0.384 e. The predicted molar refractivity (Wildman–Crippen MR) is 62.8 cm³/mol. The number of hydrogen-bond acceptors (Lipinski definition) is 3. The summed E-state index contributed by atoms with van der Waals surface area (Å²) in [6.07, 6.45) is 0. The van der Waals surface area contributed by atoms with Crippen LogP contribution in [0.25, 0.3) is 17.0 Å². The maximum absolute atomic E-state index is 12.8. The number of benzene rings is 1. The van der Waals surface area contributed by atoms with E-state index in [1.165, 1.54) is 12.1 Å². The Morgan fingerprint density at radius 3 is 2.53 bits per heavy atom. The Labute approximate surface area is 96.5 Å². The molecule has 2 heterocycles. The molecule has 17 heavy (non-hydrogen) atoms. The van der Waals surface area contributed by atoms with E-state index in [0.29, 0.717) is 17.3 Å². The van der Waals surface area contributed by atoms with Crippen LogP contribution in [0.3, 0.4) is 0 Å². The quantitative estimate of drug-likeness (QED) is 0.694. The topological polar surface area (TPSA) is 56.2 Å². The van der Waals surface area contributed by atoms with E-state index in [9.17, 15) is 4.39 Å². The number of fused-ring (bicyclic) bond motifs is 1. The summed E-state index contributed by atoms with van der Waals surface area (Å²) < 4.78 is 14.4. The maximum atomic E-state index is 12.8. The number of halogens is 1. The molecule has 0 aliphatic heterocycles. The lowest BCUT2D eigenvalue weighted by atomic mass is 10.2. The zero-order chi connectivity index (χ0) is 11.8. The Kier molecular flexibility index (Phi) is 2.04. The van der Waals surface area contributed by atoms with Crippen LogP contribution in [0.5, 0.6) is 0 Å². The van der Waals surface area contributed by atoms with Crippen LogP contribution in [-0.2, 0) is 0 Å². The van der Waals surface area contributed by atoms with Crippen molar-refractivity contribution >= 4 is 11.5 Å². The number of hydrogen-bond donors (Lipinski definition) is 1. The van der Waals surface area contributed by atoms with Crippen molar-refractivity contribution in [3.63, 3.8) is 0 Å². The van der Waals surface area contributed by atoms with Crippen LogP contribution in [0.1, 0.15) is 0 Å². The van der Waals surface area contributed by atoms with Crippen LogP contribution in [-0.4, -0.2) is 14.6 Å². The number of aromatic nitrogens is 3. The van der Waals surface area contributed by atoms with Crippen LogP contribution in [0.2, 0.25) is 0 Å². The molecule has 1 aromatic carbocycles. The third kappa shape index (κ3) is 1.61. The van der Waals surface area contributed by atoms with Crippen molar-refractivity contribution < 1.29 is 4.39 Å². The summed E-state index contributed by atoms with van der Waals surface area (Å²) in [5.41, 5.74) is 7.20. The van der Waals surface area contributed by atoms with E-state index < -0.39 is 0 Å². The minimum Gasteiger partial charge on any atom is -0.384 e. The highest BCUT2D eigenvalue weighted by atomic mass is 19.1. The van der Waals surface area contributed by atoms with E-state index in [-0.39, 0.29) is 5.82 Å². The smallest absolute Gasteiger partial charge is 0.182 e. The van der Waals surface area contributed by atoms with Gasteiger partial charge in [0.25, 0.3) is 0 Å². The Bertz CT molecular complexity index is 673. The van der Waals surface area contributed by atoms with Gasteiger partial charge in [-0.3, -0.25) is 0 Å². The molecular formula is C12H9FN4. The highest BCUT2D eigenvalue weighted by Gasteiger charge is 2.07. The summed E-state index contributed by atoms with van der Waals surface area (Å²) in [6.45, 7) is 0. The van der Waals surface area contributed by atoms with Crippen molar-refractivity contribution in [3.8, 4) is 11.4 Å². The summed E-state index contributed by atoms with van der Waals surface area (Å²) in [5.74, 6) is 0.767. The zero-order valence-electron chi connectivity index (χ0n) is 8.84. The van der Waals surface area contributed by atoms with E-state index in [1.807, 2.05) is 12.1 Å². The van der Waals surface area contributed by atoms with Gasteiger partial charge in [-0.05, 0) is 36.4 Å². The first-order chi connectivity index (χ1) is 8.24. The highest BCUT2D eigenvalue weighted by molar-refractivity contribution is 5.59. The number of anilines is 1. The molecule has 0 aliphatic carbocycles. The minimum absolute atomic E-state index is 0.281. The monoisotopic (exact) mass is 228 g/mol. The Morgan fingerprint density at radius 1 is 1.06 bits per heavy atom. The number of nitrogens with two attached hydrogens (primary N) is 1. The molecule has 0 aliphatic rings. The lowest BCUT2D eigenvalue weighted by Gasteiger charge is -1.94. The van der Waals surface area contributed by atoms with E-state index in [0.717, 1.165) is 5.56 Å². The fourth-order valence-electron chi connectivity index (χ4n) is 1.65. The Balaban J connectivity index is 2.18. The predicted octanol–water partition coefficient (Wildman–Crippen LogP) is 2.12. The molecule has 2 N–H and O–H groups in total. The molecular weight excluding hydrogens is 219 g/mol. The van der Waals surface area contributed by atoms with Gasteiger partial charge >= 0.3 is 0 Å². The van der Waals surface area contributed by atoms with E-state index in [1.54, 1.807) is 22.7 Å². The van der Waals surface area contributed by atoms with Crippen molar-refractivity contribution in [2.75, 3.05) is 5.73 Å². The molecule has 0 spiro atoms. The molecule has 5 heteroatoms. The van der Waals surface area contributed by atoms with Crippen LogP contribution in [0.15, 0.2) is 42.5 Å². The first kappa shape index (κ1) is 9.77. The van der Waals surface area contributed by atoms with E-state index in [4.69, 9.17) is 5.73 Å². The van der Waals surface area contributed by atoms with Gasteiger partial charge in [-0.25, -0.2) is 9.37 Å². The Hall–Kier alpha value is -2.43. The molecule has 0 atom stereocenters. The minimum atomic E-state index is -0.281. The van der Waals surface area contributed by atoms with Crippen LogP contribution in [0, 0.1) is 5.82 Å². The van der Waals surface area contributed by atoms with Gasteiger partial charge in [0, 0.05) is 5.56 Å². The van der Waals surface area contributed by atoms with Gasteiger partial charge in [-0.15, -0.1) is 5.10 Å². The SMILES string of the molecule is Nc1cccc2nc(-c3ccc(F)cc3)nn12. The van der Waals surface area contributed by atoms with Crippen molar-refractivity contribution in [1.82, 2.24) is 14.6 Å². The van der Waals surface area contributed by atoms with Crippen molar-refractivity contribution in [2.45, 2.75) is 0 Å². The standard InChI is InChI=1S/C12H9FN4/c13-9-6-4-8(5-7-9)12-15-11-3-1-2-10(14)17(11)16-12/h1-7H,14H2. The van der Waals surface area contributed by atoms with E-state index in [2.05, 4.69) is 10.1 Å². The first-order valence-corrected chi connectivity index (χ1v) is 5.11. The lowest BCUT2D eigenvalue weighted by molar-refractivity contribution is 0.628. The molecule has 0 radical (unpaired) electrons. The fourth-order valence-corrected chi connectivity index (χ4v) is 1.65. The zero-order valence-corrected chi connectivity index (χ0v) is 8.84. The van der Waals surface area contributed by atoms with Gasteiger partial charge in [0.15, 0.2) is 11.5 Å². The first-order valence-electron chi connectivity index (χ1n) is 5.11. The number of pyridine rings is 1. The van der Waals surface area contributed by atoms with Gasteiger partial charge < -0.3 is 5.73 Å². The Morgan fingerprint density at radius 2 is 1.82 bits per heavy atom. The maximum Gasteiger partial charge on any atom is 0.182 e. The summed E-state index contributed by atoms with van der Waals surface area (Å²) in [4.78, 5) is 4.32. The molecule has 2 aromatic heterocycles. The van der Waals surface area contributed by atoms with Crippen molar-refractivity contribution in [1.29, 1.82) is 0 Å². The van der Waals surface area contributed by atoms with Gasteiger partial charge in [0.1, 0.15) is 11.6 Å². The molecule has 3 rings (SSSR count). The summed E-state index contributed by atoms with van der Waals surface area (Å²) in [5, 5.41) is 4.27. The molecule has 0 saturated heterocycles. The molecule has 3 aromatic rings. The summed E-state index contributed by atoms with van der Waals surface area (Å²) in [6, 6.07) is 11.4. The van der Waals surface area contributed by atoms with Gasteiger partial charge in [-0.2, -0.15) is 4.52 Å². The molecule has 0 unspecified atom stereocenters. The molecule has 0 bridgehead atoms. The van der Waals surface area contributed by atoms with Crippen molar-refractivity contribution in [2.24, 2.45) is 0 Å². The average molecular weight is 228 g/mol. The molecule has 84 valence electrons.